The molecule has 0 aromatic carbocycles. The predicted molar refractivity (Wildman–Crippen MR) is 76.6 cm³/mol. The molecule has 0 aliphatic rings. The van der Waals surface area contributed by atoms with E-state index in [1.165, 1.54) is 4.88 Å². The van der Waals surface area contributed by atoms with Crippen molar-refractivity contribution in [2.45, 2.75) is 19.5 Å². The maximum atomic E-state index is 5.89. The van der Waals surface area contributed by atoms with Crippen LogP contribution >= 0.6 is 11.3 Å². The standard InChI is InChI=1S/C14H19N3S/c1-11-5-3-6-12(16-11)10-17(2)13(9-15)14-7-4-8-18-14/h3-8,13H,9-10,15H2,1-2H3. The summed E-state index contributed by atoms with van der Waals surface area (Å²) in [6, 6.07) is 10.6. The number of hydrogen-bond acceptors (Lipinski definition) is 4. The highest BCUT2D eigenvalue weighted by molar-refractivity contribution is 7.10. The van der Waals surface area contributed by atoms with Crippen LogP contribution in [0.2, 0.25) is 0 Å². The van der Waals surface area contributed by atoms with E-state index in [2.05, 4.69) is 40.5 Å². The molecule has 1 atom stereocenters. The topological polar surface area (TPSA) is 42.1 Å². The second-order valence-electron chi connectivity index (χ2n) is 4.45. The lowest BCUT2D eigenvalue weighted by Crippen LogP contribution is -2.29. The van der Waals surface area contributed by atoms with Crippen LogP contribution in [0.25, 0.3) is 0 Å². The third kappa shape index (κ3) is 3.16. The van der Waals surface area contributed by atoms with E-state index >= 15 is 0 Å². The monoisotopic (exact) mass is 261 g/mol. The summed E-state index contributed by atoms with van der Waals surface area (Å²) >= 11 is 1.76. The molecule has 2 aromatic heterocycles. The summed E-state index contributed by atoms with van der Waals surface area (Å²) in [6.45, 7) is 3.47. The van der Waals surface area contributed by atoms with E-state index in [1.54, 1.807) is 11.3 Å². The Kier molecular flexibility index (Phi) is 4.47. The third-order valence-electron chi connectivity index (χ3n) is 2.98. The first-order valence-corrected chi connectivity index (χ1v) is 6.95. The van der Waals surface area contributed by atoms with Crippen LogP contribution in [-0.2, 0) is 6.54 Å². The van der Waals surface area contributed by atoms with E-state index < -0.39 is 0 Å². The van der Waals surface area contributed by atoms with Crippen molar-refractivity contribution in [2.24, 2.45) is 5.73 Å². The fourth-order valence-electron chi connectivity index (χ4n) is 2.05. The van der Waals surface area contributed by atoms with Crippen LogP contribution in [0.5, 0.6) is 0 Å². The Morgan fingerprint density at radius 2 is 2.17 bits per heavy atom. The molecular weight excluding hydrogens is 242 g/mol. The summed E-state index contributed by atoms with van der Waals surface area (Å²) in [4.78, 5) is 8.10. The second-order valence-corrected chi connectivity index (χ2v) is 5.43. The molecule has 0 radical (unpaired) electrons. The second kappa shape index (κ2) is 6.09. The molecule has 3 nitrogen and oxygen atoms in total. The first kappa shape index (κ1) is 13.2. The molecule has 18 heavy (non-hydrogen) atoms. The number of likely N-dealkylation sites (N-methyl/N-ethyl adjacent to an activating group) is 1. The van der Waals surface area contributed by atoms with E-state index in [4.69, 9.17) is 5.73 Å². The van der Waals surface area contributed by atoms with Crippen LogP contribution in [0.4, 0.5) is 0 Å². The van der Waals surface area contributed by atoms with Gasteiger partial charge in [-0.15, -0.1) is 11.3 Å². The van der Waals surface area contributed by atoms with Gasteiger partial charge in [-0.05, 0) is 37.6 Å². The zero-order chi connectivity index (χ0) is 13.0. The molecule has 0 bridgehead atoms. The van der Waals surface area contributed by atoms with E-state index in [0.717, 1.165) is 17.9 Å². The van der Waals surface area contributed by atoms with Gasteiger partial charge in [0.15, 0.2) is 0 Å². The van der Waals surface area contributed by atoms with E-state index in [-0.39, 0.29) is 6.04 Å². The maximum Gasteiger partial charge on any atom is 0.0565 e. The van der Waals surface area contributed by atoms with Crippen LogP contribution in [-0.4, -0.2) is 23.5 Å². The fourth-order valence-corrected chi connectivity index (χ4v) is 2.95. The number of aromatic nitrogens is 1. The largest absolute Gasteiger partial charge is 0.329 e. The Hall–Kier alpha value is -1.23. The van der Waals surface area contributed by atoms with Gasteiger partial charge in [-0.25, -0.2) is 0 Å². The molecule has 0 spiro atoms. The van der Waals surface area contributed by atoms with Gasteiger partial charge in [0.2, 0.25) is 0 Å². The van der Waals surface area contributed by atoms with Crippen molar-refractivity contribution in [3.8, 4) is 0 Å². The molecule has 4 heteroatoms. The van der Waals surface area contributed by atoms with Gasteiger partial charge in [-0.3, -0.25) is 9.88 Å². The third-order valence-corrected chi connectivity index (χ3v) is 3.96. The molecule has 0 aliphatic carbocycles. The van der Waals surface area contributed by atoms with Crippen LogP contribution < -0.4 is 5.73 Å². The molecule has 1 unspecified atom stereocenters. The fraction of sp³-hybridized carbons (Fsp3) is 0.357. The molecule has 0 fully saturated rings. The zero-order valence-electron chi connectivity index (χ0n) is 10.8. The minimum absolute atomic E-state index is 0.271. The number of hydrogen-bond donors (Lipinski definition) is 1. The summed E-state index contributed by atoms with van der Waals surface area (Å²) in [5.74, 6) is 0. The van der Waals surface area contributed by atoms with Crippen molar-refractivity contribution < 1.29 is 0 Å². The summed E-state index contributed by atoms with van der Waals surface area (Å²) in [7, 11) is 2.10. The van der Waals surface area contributed by atoms with Gasteiger partial charge in [0.05, 0.1) is 11.7 Å². The molecule has 0 saturated heterocycles. The summed E-state index contributed by atoms with van der Waals surface area (Å²) in [5.41, 5.74) is 8.04. The van der Waals surface area contributed by atoms with Crippen molar-refractivity contribution in [3.05, 3.63) is 52.0 Å². The number of nitrogens with zero attached hydrogens (tertiary/aromatic N) is 2. The number of nitrogens with two attached hydrogens (primary N) is 1. The van der Waals surface area contributed by atoms with Crippen LogP contribution in [0.3, 0.4) is 0 Å². The lowest BCUT2D eigenvalue weighted by molar-refractivity contribution is 0.242. The average molecular weight is 261 g/mol. The molecule has 2 N–H and O–H groups in total. The van der Waals surface area contributed by atoms with Gasteiger partial charge in [0.25, 0.3) is 0 Å². The Morgan fingerprint density at radius 1 is 1.33 bits per heavy atom. The van der Waals surface area contributed by atoms with Gasteiger partial charge in [0, 0.05) is 23.7 Å². The van der Waals surface area contributed by atoms with Crippen LogP contribution in [0.15, 0.2) is 35.7 Å². The molecule has 2 heterocycles. The first-order chi connectivity index (χ1) is 8.70. The molecule has 0 amide bonds. The number of rotatable bonds is 5. The van der Waals surface area contributed by atoms with Crippen LogP contribution in [0.1, 0.15) is 22.3 Å². The highest BCUT2D eigenvalue weighted by Crippen LogP contribution is 2.24. The smallest absolute Gasteiger partial charge is 0.0565 e. The van der Waals surface area contributed by atoms with Gasteiger partial charge >= 0.3 is 0 Å². The molecule has 96 valence electrons. The SMILES string of the molecule is Cc1cccc(CN(C)C(CN)c2cccs2)n1. The molecule has 0 saturated carbocycles. The van der Waals surface area contributed by atoms with Gasteiger partial charge in [-0.1, -0.05) is 12.1 Å². The minimum Gasteiger partial charge on any atom is -0.329 e. The molecule has 0 aliphatic heterocycles. The quantitative estimate of drug-likeness (QED) is 0.899. The Morgan fingerprint density at radius 3 is 2.78 bits per heavy atom. The van der Waals surface area contributed by atoms with Gasteiger partial charge < -0.3 is 5.73 Å². The lowest BCUT2D eigenvalue weighted by Gasteiger charge is -2.25. The number of aryl methyl sites for hydroxylation is 1. The average Bonchev–Trinajstić information content (AvgIpc) is 2.83. The van der Waals surface area contributed by atoms with E-state index in [0.29, 0.717) is 6.54 Å². The van der Waals surface area contributed by atoms with Crippen LogP contribution in [0, 0.1) is 6.92 Å². The molecular formula is C14H19N3S. The van der Waals surface area contributed by atoms with Gasteiger partial charge in [-0.2, -0.15) is 0 Å². The first-order valence-electron chi connectivity index (χ1n) is 6.07. The highest BCUT2D eigenvalue weighted by Gasteiger charge is 2.16. The Balaban J connectivity index is 2.08. The van der Waals surface area contributed by atoms with E-state index in [1.807, 2.05) is 19.1 Å². The van der Waals surface area contributed by atoms with Crippen molar-refractivity contribution in [1.82, 2.24) is 9.88 Å². The predicted octanol–water partition coefficient (Wildman–Crippen LogP) is 2.58. The van der Waals surface area contributed by atoms with Crippen molar-refractivity contribution in [3.63, 3.8) is 0 Å². The summed E-state index contributed by atoms with van der Waals surface area (Å²) < 4.78 is 0. The Labute approximate surface area is 112 Å². The summed E-state index contributed by atoms with van der Waals surface area (Å²) in [5, 5.41) is 2.09. The van der Waals surface area contributed by atoms with E-state index in [9.17, 15) is 0 Å². The van der Waals surface area contributed by atoms with Crippen molar-refractivity contribution in [2.75, 3.05) is 13.6 Å². The number of thiophene rings is 1. The van der Waals surface area contributed by atoms with Crippen molar-refractivity contribution >= 4 is 11.3 Å². The lowest BCUT2D eigenvalue weighted by atomic mass is 10.2. The maximum absolute atomic E-state index is 5.89. The molecule has 2 rings (SSSR count). The highest BCUT2D eigenvalue weighted by atomic mass is 32.1. The number of pyridine rings is 1. The Bertz CT molecular complexity index is 482. The normalized spacial score (nSPS) is 12.9. The van der Waals surface area contributed by atoms with Gasteiger partial charge in [0.1, 0.15) is 0 Å². The summed E-state index contributed by atoms with van der Waals surface area (Å²) in [6.07, 6.45) is 0. The molecule has 2 aromatic rings. The minimum atomic E-state index is 0.271. The zero-order valence-corrected chi connectivity index (χ0v) is 11.7. The van der Waals surface area contributed by atoms with Crippen molar-refractivity contribution in [1.29, 1.82) is 0 Å².